The maximum Gasteiger partial charge on any atom is 0.268 e. The molecule has 2 aromatic carbocycles. The average Bonchev–Trinajstić information content (AvgIpc) is 2.63. The third kappa shape index (κ3) is 1.64. The predicted octanol–water partition coefficient (Wildman–Crippen LogP) is 2.66. The van der Waals surface area contributed by atoms with E-state index in [0.29, 0.717) is 11.1 Å². The van der Waals surface area contributed by atoms with Gasteiger partial charge >= 0.3 is 0 Å². The molecule has 3 rings (SSSR count). The van der Waals surface area contributed by atoms with Crippen LogP contribution in [-0.2, 0) is 10.4 Å². The van der Waals surface area contributed by atoms with Crippen LogP contribution in [0.4, 0.5) is 5.69 Å². The van der Waals surface area contributed by atoms with E-state index in [9.17, 15) is 9.90 Å². The number of likely N-dealkylation sites (N-methyl/N-ethyl adjacent to an activating group) is 1. The first-order valence-electron chi connectivity index (χ1n) is 5.91. The van der Waals surface area contributed by atoms with Crippen LogP contribution in [0.15, 0.2) is 53.0 Å². The lowest BCUT2D eigenvalue weighted by atomic mass is 9.88. The minimum Gasteiger partial charge on any atom is -0.372 e. The van der Waals surface area contributed by atoms with E-state index in [1.54, 1.807) is 25.2 Å². The summed E-state index contributed by atoms with van der Waals surface area (Å²) >= 11 is 3.35. The molecule has 1 unspecified atom stereocenters. The second kappa shape index (κ2) is 4.18. The van der Waals surface area contributed by atoms with Crippen LogP contribution in [0.2, 0.25) is 0 Å². The van der Waals surface area contributed by atoms with Crippen molar-refractivity contribution < 1.29 is 9.90 Å². The summed E-state index contributed by atoms with van der Waals surface area (Å²) in [5, 5.41) is 10.9. The first kappa shape index (κ1) is 12.4. The number of rotatable bonds is 1. The summed E-state index contributed by atoms with van der Waals surface area (Å²) in [6.45, 7) is 0. The number of benzene rings is 2. The summed E-state index contributed by atoms with van der Waals surface area (Å²) < 4.78 is 0.909. The van der Waals surface area contributed by atoms with Gasteiger partial charge in [0.1, 0.15) is 0 Å². The molecule has 2 aromatic rings. The number of fused-ring (bicyclic) bond motifs is 1. The van der Waals surface area contributed by atoms with Crippen molar-refractivity contribution >= 4 is 27.5 Å². The molecule has 19 heavy (non-hydrogen) atoms. The zero-order valence-electron chi connectivity index (χ0n) is 10.3. The van der Waals surface area contributed by atoms with Crippen molar-refractivity contribution in [1.82, 2.24) is 0 Å². The van der Waals surface area contributed by atoms with Gasteiger partial charge in [-0.15, -0.1) is 0 Å². The van der Waals surface area contributed by atoms with E-state index >= 15 is 0 Å². The minimum atomic E-state index is -1.59. The molecule has 0 radical (unpaired) electrons. The monoisotopic (exact) mass is 317 g/mol. The Labute approximate surface area is 119 Å². The number of carbonyl (C=O) groups excluding carboxylic acids is 1. The Bertz CT molecular complexity index is 653. The molecule has 1 aliphatic heterocycles. The lowest BCUT2D eigenvalue weighted by molar-refractivity contribution is -0.131. The van der Waals surface area contributed by atoms with Crippen LogP contribution in [-0.4, -0.2) is 18.1 Å². The highest BCUT2D eigenvalue weighted by Gasteiger charge is 2.49. The number of anilines is 1. The highest BCUT2D eigenvalue weighted by atomic mass is 79.9. The number of halogens is 1. The fourth-order valence-corrected chi connectivity index (χ4v) is 2.77. The smallest absolute Gasteiger partial charge is 0.268 e. The van der Waals surface area contributed by atoms with E-state index in [4.69, 9.17) is 0 Å². The highest BCUT2D eigenvalue weighted by Crippen LogP contribution is 2.43. The number of nitrogens with zero attached hydrogens (tertiary/aromatic N) is 1. The fraction of sp³-hybridized carbons (Fsp3) is 0.133. The molecule has 1 amide bonds. The summed E-state index contributed by atoms with van der Waals surface area (Å²) in [7, 11) is 1.68. The van der Waals surface area contributed by atoms with E-state index in [2.05, 4.69) is 15.9 Å². The Balaban J connectivity index is 2.24. The molecule has 1 atom stereocenters. The van der Waals surface area contributed by atoms with Gasteiger partial charge in [-0.1, -0.05) is 46.3 Å². The van der Waals surface area contributed by atoms with Crippen LogP contribution in [0.3, 0.4) is 0 Å². The molecule has 0 aromatic heterocycles. The second-order valence-electron chi connectivity index (χ2n) is 4.60. The van der Waals surface area contributed by atoms with Crippen molar-refractivity contribution in [2.45, 2.75) is 5.60 Å². The lowest BCUT2D eigenvalue weighted by Gasteiger charge is -2.22. The molecule has 1 N–H and O–H groups in total. The maximum atomic E-state index is 12.4. The summed E-state index contributed by atoms with van der Waals surface area (Å²) in [5.74, 6) is -0.323. The van der Waals surface area contributed by atoms with Gasteiger partial charge < -0.3 is 10.0 Å². The van der Waals surface area contributed by atoms with E-state index in [1.165, 1.54) is 4.90 Å². The van der Waals surface area contributed by atoms with Gasteiger partial charge in [0, 0.05) is 17.1 Å². The molecular formula is C15H12BrNO2. The Hall–Kier alpha value is -1.65. The summed E-state index contributed by atoms with van der Waals surface area (Å²) in [6.07, 6.45) is 0. The molecular weight excluding hydrogens is 306 g/mol. The second-order valence-corrected chi connectivity index (χ2v) is 5.51. The molecule has 0 saturated carbocycles. The van der Waals surface area contributed by atoms with E-state index in [-0.39, 0.29) is 5.91 Å². The molecule has 4 heteroatoms. The third-order valence-corrected chi connectivity index (χ3v) is 4.06. The Kier molecular flexibility index (Phi) is 2.73. The van der Waals surface area contributed by atoms with Gasteiger partial charge in [0.15, 0.2) is 5.60 Å². The predicted molar refractivity (Wildman–Crippen MR) is 77.0 cm³/mol. The van der Waals surface area contributed by atoms with E-state index in [0.717, 1.165) is 10.2 Å². The molecule has 0 spiro atoms. The normalized spacial score (nSPS) is 21.6. The van der Waals surface area contributed by atoms with E-state index < -0.39 is 5.60 Å². The number of hydrogen-bond acceptors (Lipinski definition) is 2. The SMILES string of the molecule is CN1C(=O)C(O)(c2ccc(Br)cc2)c2ccccc21. The molecule has 0 bridgehead atoms. The Morgan fingerprint density at radius 3 is 2.42 bits per heavy atom. The van der Waals surface area contributed by atoms with Gasteiger partial charge in [-0.2, -0.15) is 0 Å². The van der Waals surface area contributed by atoms with E-state index in [1.807, 2.05) is 30.3 Å². The number of carbonyl (C=O) groups is 1. The largest absolute Gasteiger partial charge is 0.372 e. The van der Waals surface area contributed by atoms with Crippen LogP contribution >= 0.6 is 15.9 Å². The minimum absolute atomic E-state index is 0.323. The lowest BCUT2D eigenvalue weighted by Crippen LogP contribution is -2.39. The maximum absolute atomic E-state index is 12.4. The van der Waals surface area contributed by atoms with Crippen LogP contribution in [0, 0.1) is 0 Å². The Morgan fingerprint density at radius 2 is 1.74 bits per heavy atom. The van der Waals surface area contributed by atoms with Gasteiger partial charge in [-0.25, -0.2) is 0 Å². The molecule has 1 heterocycles. The number of para-hydroxylation sites is 1. The third-order valence-electron chi connectivity index (χ3n) is 3.53. The summed E-state index contributed by atoms with van der Waals surface area (Å²) in [5.41, 5.74) is 0.367. The van der Waals surface area contributed by atoms with Crippen LogP contribution < -0.4 is 4.90 Å². The molecule has 96 valence electrons. The van der Waals surface area contributed by atoms with Crippen LogP contribution in [0.5, 0.6) is 0 Å². The van der Waals surface area contributed by atoms with Crippen LogP contribution in [0.1, 0.15) is 11.1 Å². The first-order chi connectivity index (χ1) is 9.05. The molecule has 3 nitrogen and oxygen atoms in total. The first-order valence-corrected chi connectivity index (χ1v) is 6.70. The van der Waals surface area contributed by atoms with Gasteiger partial charge in [0.25, 0.3) is 5.91 Å². The topological polar surface area (TPSA) is 40.5 Å². The number of amides is 1. The molecule has 1 aliphatic rings. The van der Waals surface area contributed by atoms with Crippen LogP contribution in [0.25, 0.3) is 0 Å². The van der Waals surface area contributed by atoms with Crippen molar-refractivity contribution in [3.63, 3.8) is 0 Å². The van der Waals surface area contributed by atoms with Crippen molar-refractivity contribution in [2.24, 2.45) is 0 Å². The zero-order chi connectivity index (χ0) is 13.6. The Morgan fingerprint density at radius 1 is 1.11 bits per heavy atom. The van der Waals surface area contributed by atoms with Gasteiger partial charge in [-0.05, 0) is 23.8 Å². The van der Waals surface area contributed by atoms with Crippen molar-refractivity contribution in [3.05, 3.63) is 64.1 Å². The zero-order valence-corrected chi connectivity index (χ0v) is 11.9. The van der Waals surface area contributed by atoms with Gasteiger partial charge in [0.2, 0.25) is 0 Å². The molecule has 0 saturated heterocycles. The molecule has 0 fully saturated rings. The number of hydrogen-bond donors (Lipinski definition) is 1. The average molecular weight is 318 g/mol. The quantitative estimate of drug-likeness (QED) is 0.878. The van der Waals surface area contributed by atoms with Crippen molar-refractivity contribution in [2.75, 3.05) is 11.9 Å². The fourth-order valence-electron chi connectivity index (χ4n) is 2.51. The van der Waals surface area contributed by atoms with Crippen molar-refractivity contribution in [1.29, 1.82) is 0 Å². The molecule has 0 aliphatic carbocycles. The summed E-state index contributed by atoms with van der Waals surface area (Å²) in [6, 6.07) is 14.5. The van der Waals surface area contributed by atoms with Crippen molar-refractivity contribution in [3.8, 4) is 0 Å². The summed E-state index contributed by atoms with van der Waals surface area (Å²) in [4.78, 5) is 13.9. The van der Waals surface area contributed by atoms with Gasteiger partial charge in [-0.3, -0.25) is 4.79 Å². The highest BCUT2D eigenvalue weighted by molar-refractivity contribution is 9.10. The standard InChI is InChI=1S/C15H12BrNO2/c1-17-13-5-3-2-4-12(13)15(19,14(17)18)10-6-8-11(16)9-7-10/h2-9,19H,1H3. The number of aliphatic hydroxyl groups is 1. The van der Waals surface area contributed by atoms with Gasteiger partial charge in [0.05, 0.1) is 5.69 Å².